The maximum absolute atomic E-state index is 12.1. The normalized spacial score (nSPS) is 13.9. The standard InChI is InChI=1S/C17H27N7O2S/c1-5-18-16(21-10-17(3,26)13-8-23-24(4)9-13)20-7-6-19-15(25)14-12(2)22-11-27-14/h8-9,11,26H,5-7,10H2,1-4H3,(H,19,25)(H2,18,20,21). The molecule has 2 rings (SSSR count). The molecule has 2 heterocycles. The molecule has 0 radical (unpaired) electrons. The largest absolute Gasteiger partial charge is 0.383 e. The van der Waals surface area contributed by atoms with Crippen LogP contribution in [0.25, 0.3) is 0 Å². The zero-order valence-corrected chi connectivity index (χ0v) is 16.9. The highest BCUT2D eigenvalue weighted by Crippen LogP contribution is 2.19. The number of nitrogens with zero attached hydrogens (tertiary/aromatic N) is 4. The van der Waals surface area contributed by atoms with Crippen LogP contribution in [-0.2, 0) is 12.6 Å². The van der Waals surface area contributed by atoms with Gasteiger partial charge >= 0.3 is 0 Å². The molecule has 2 aromatic rings. The molecule has 10 heteroatoms. The zero-order chi connectivity index (χ0) is 19.9. The number of amides is 1. The molecule has 0 aliphatic heterocycles. The number of hydrogen-bond acceptors (Lipinski definition) is 6. The summed E-state index contributed by atoms with van der Waals surface area (Å²) in [6, 6.07) is 0. The molecule has 1 atom stereocenters. The van der Waals surface area contributed by atoms with Gasteiger partial charge in [0.15, 0.2) is 5.96 Å². The summed E-state index contributed by atoms with van der Waals surface area (Å²) >= 11 is 1.33. The summed E-state index contributed by atoms with van der Waals surface area (Å²) in [4.78, 5) is 21.2. The topological polar surface area (TPSA) is 116 Å². The number of rotatable bonds is 8. The van der Waals surface area contributed by atoms with Crippen molar-refractivity contribution >= 4 is 23.2 Å². The number of aliphatic hydroxyl groups is 1. The van der Waals surface area contributed by atoms with E-state index in [9.17, 15) is 9.90 Å². The minimum atomic E-state index is -1.12. The second-order valence-electron chi connectivity index (χ2n) is 6.32. The van der Waals surface area contributed by atoms with Gasteiger partial charge in [0.05, 0.1) is 23.9 Å². The zero-order valence-electron chi connectivity index (χ0n) is 16.1. The molecule has 0 aromatic carbocycles. The van der Waals surface area contributed by atoms with Crippen LogP contribution in [0, 0.1) is 6.92 Å². The quantitative estimate of drug-likeness (QED) is 0.293. The first kappa shape index (κ1) is 20.8. The van der Waals surface area contributed by atoms with Gasteiger partial charge in [-0.05, 0) is 20.8 Å². The van der Waals surface area contributed by atoms with E-state index in [1.165, 1.54) is 11.3 Å². The van der Waals surface area contributed by atoms with Crippen molar-refractivity contribution in [3.8, 4) is 0 Å². The molecule has 2 aromatic heterocycles. The third-order valence-corrected chi connectivity index (χ3v) is 4.80. The monoisotopic (exact) mass is 393 g/mol. The summed E-state index contributed by atoms with van der Waals surface area (Å²) in [6.07, 6.45) is 3.40. The molecule has 9 nitrogen and oxygen atoms in total. The van der Waals surface area contributed by atoms with Gasteiger partial charge in [-0.15, -0.1) is 11.3 Å². The number of aliphatic imine (C=N–C) groups is 1. The Bertz CT molecular complexity index is 782. The highest BCUT2D eigenvalue weighted by atomic mass is 32.1. The second kappa shape index (κ2) is 9.47. The predicted octanol–water partition coefficient (Wildman–Crippen LogP) is 0.378. The second-order valence-corrected chi connectivity index (χ2v) is 7.18. The maximum atomic E-state index is 12.1. The van der Waals surface area contributed by atoms with Gasteiger partial charge in [0.25, 0.3) is 5.91 Å². The maximum Gasteiger partial charge on any atom is 0.263 e. The van der Waals surface area contributed by atoms with Crippen LogP contribution in [0.5, 0.6) is 0 Å². The minimum Gasteiger partial charge on any atom is -0.383 e. The summed E-state index contributed by atoms with van der Waals surface area (Å²) < 4.78 is 1.64. The van der Waals surface area contributed by atoms with Crippen molar-refractivity contribution in [1.29, 1.82) is 0 Å². The number of hydrogen-bond donors (Lipinski definition) is 4. The minimum absolute atomic E-state index is 0.127. The number of nitrogens with one attached hydrogen (secondary N) is 3. The summed E-state index contributed by atoms with van der Waals surface area (Å²) in [7, 11) is 1.80. The molecule has 148 valence electrons. The average Bonchev–Trinajstić information content (AvgIpc) is 3.25. The molecular formula is C17H27N7O2S. The summed E-state index contributed by atoms with van der Waals surface area (Å²) in [6.45, 7) is 7.30. The Morgan fingerprint density at radius 1 is 1.37 bits per heavy atom. The Balaban J connectivity index is 1.84. The Hall–Kier alpha value is -2.46. The molecule has 0 saturated carbocycles. The number of thiazole rings is 1. The van der Waals surface area contributed by atoms with Crippen molar-refractivity contribution in [2.45, 2.75) is 26.4 Å². The third-order valence-electron chi connectivity index (χ3n) is 3.87. The molecule has 0 aliphatic rings. The van der Waals surface area contributed by atoms with Gasteiger partial charge in [0.2, 0.25) is 0 Å². The average molecular weight is 394 g/mol. The van der Waals surface area contributed by atoms with Crippen LogP contribution in [0.1, 0.15) is 34.8 Å². The number of aryl methyl sites for hydroxylation is 2. The van der Waals surface area contributed by atoms with Crippen molar-refractivity contribution in [3.05, 3.63) is 34.0 Å². The molecule has 0 spiro atoms. The first-order valence-electron chi connectivity index (χ1n) is 8.75. The van der Waals surface area contributed by atoms with Gasteiger partial charge in [0, 0.05) is 38.4 Å². The van der Waals surface area contributed by atoms with Gasteiger partial charge in [-0.1, -0.05) is 0 Å². The molecule has 27 heavy (non-hydrogen) atoms. The van der Waals surface area contributed by atoms with E-state index < -0.39 is 5.60 Å². The highest BCUT2D eigenvalue weighted by molar-refractivity contribution is 7.11. The van der Waals surface area contributed by atoms with Crippen molar-refractivity contribution in [1.82, 2.24) is 30.7 Å². The Morgan fingerprint density at radius 2 is 2.11 bits per heavy atom. The van der Waals surface area contributed by atoms with Gasteiger partial charge in [-0.25, -0.2) is 9.98 Å². The molecule has 0 bridgehead atoms. The van der Waals surface area contributed by atoms with Gasteiger partial charge < -0.3 is 21.1 Å². The third kappa shape index (κ3) is 6.04. The van der Waals surface area contributed by atoms with Crippen molar-refractivity contribution in [3.63, 3.8) is 0 Å². The fourth-order valence-corrected chi connectivity index (χ4v) is 3.04. The van der Waals surface area contributed by atoms with E-state index in [4.69, 9.17) is 0 Å². The van der Waals surface area contributed by atoms with Gasteiger partial charge in [-0.2, -0.15) is 5.10 Å². The lowest BCUT2D eigenvalue weighted by Gasteiger charge is -2.20. The Labute approximate surface area is 162 Å². The predicted molar refractivity (Wildman–Crippen MR) is 106 cm³/mol. The van der Waals surface area contributed by atoms with Crippen LogP contribution in [0.3, 0.4) is 0 Å². The van der Waals surface area contributed by atoms with E-state index in [0.29, 0.717) is 36.0 Å². The first-order chi connectivity index (χ1) is 12.8. The lowest BCUT2D eigenvalue weighted by atomic mass is 10.0. The molecule has 0 saturated heterocycles. The van der Waals surface area contributed by atoms with Crippen LogP contribution in [0.4, 0.5) is 0 Å². The molecular weight excluding hydrogens is 366 g/mol. The number of carbonyl (C=O) groups excluding carboxylic acids is 1. The van der Waals surface area contributed by atoms with Crippen molar-refractivity contribution in [2.24, 2.45) is 12.0 Å². The van der Waals surface area contributed by atoms with Crippen molar-refractivity contribution in [2.75, 3.05) is 26.2 Å². The molecule has 4 N–H and O–H groups in total. The fraction of sp³-hybridized carbons (Fsp3) is 0.529. The number of aromatic nitrogens is 3. The SMILES string of the molecule is CCNC(=NCC(C)(O)c1cnn(C)c1)NCCNC(=O)c1scnc1C. The van der Waals surface area contributed by atoms with Crippen LogP contribution >= 0.6 is 11.3 Å². The van der Waals surface area contributed by atoms with Crippen LogP contribution in [-0.4, -0.2) is 57.9 Å². The number of carbonyl (C=O) groups is 1. The summed E-state index contributed by atoms with van der Waals surface area (Å²) in [5.74, 6) is 0.447. The Kier molecular flexibility index (Phi) is 7.31. The van der Waals surface area contributed by atoms with E-state index in [1.54, 1.807) is 36.6 Å². The molecule has 1 amide bonds. The van der Waals surface area contributed by atoms with E-state index in [1.807, 2.05) is 13.8 Å². The van der Waals surface area contributed by atoms with Crippen LogP contribution in [0.2, 0.25) is 0 Å². The first-order valence-corrected chi connectivity index (χ1v) is 9.63. The fourth-order valence-electron chi connectivity index (χ4n) is 2.32. The highest BCUT2D eigenvalue weighted by Gasteiger charge is 2.24. The summed E-state index contributed by atoms with van der Waals surface area (Å²) in [5.41, 5.74) is 1.98. The van der Waals surface area contributed by atoms with Gasteiger partial charge in [-0.3, -0.25) is 9.48 Å². The molecule has 1 unspecified atom stereocenters. The van der Waals surface area contributed by atoms with Crippen molar-refractivity contribution < 1.29 is 9.90 Å². The smallest absolute Gasteiger partial charge is 0.263 e. The summed E-state index contributed by atoms with van der Waals surface area (Å²) in [5, 5.41) is 23.8. The van der Waals surface area contributed by atoms with Crippen LogP contribution in [0.15, 0.2) is 22.9 Å². The van der Waals surface area contributed by atoms with Gasteiger partial charge in [0.1, 0.15) is 10.5 Å². The Morgan fingerprint density at radius 3 is 2.70 bits per heavy atom. The molecule has 0 fully saturated rings. The van der Waals surface area contributed by atoms with Crippen LogP contribution < -0.4 is 16.0 Å². The lowest BCUT2D eigenvalue weighted by Crippen LogP contribution is -2.42. The van der Waals surface area contributed by atoms with E-state index in [-0.39, 0.29) is 12.5 Å². The lowest BCUT2D eigenvalue weighted by molar-refractivity contribution is 0.0672. The molecule has 0 aliphatic carbocycles. The number of guanidine groups is 1. The van der Waals surface area contributed by atoms with E-state index >= 15 is 0 Å². The van der Waals surface area contributed by atoms with E-state index in [2.05, 4.69) is 31.0 Å². The van der Waals surface area contributed by atoms with E-state index in [0.717, 1.165) is 5.69 Å².